The summed E-state index contributed by atoms with van der Waals surface area (Å²) in [6.45, 7) is 0. The van der Waals surface area contributed by atoms with E-state index in [-0.39, 0.29) is 0 Å². The summed E-state index contributed by atoms with van der Waals surface area (Å²) in [6, 6.07) is 10.7. The van der Waals surface area contributed by atoms with Crippen molar-refractivity contribution in [2.45, 2.75) is 0 Å². The number of hydrogen-bond acceptors (Lipinski definition) is 5. The van der Waals surface area contributed by atoms with Crippen molar-refractivity contribution in [1.29, 1.82) is 0 Å². The van der Waals surface area contributed by atoms with Gasteiger partial charge in [0.15, 0.2) is 0 Å². The maximum atomic E-state index is 5.87. The van der Waals surface area contributed by atoms with Crippen LogP contribution in [0, 0.1) is 0 Å². The summed E-state index contributed by atoms with van der Waals surface area (Å²) in [6.07, 6.45) is 1.67. The van der Waals surface area contributed by atoms with Crippen LogP contribution in [0.15, 0.2) is 47.1 Å². The first-order valence-electron chi connectivity index (χ1n) is 5.54. The van der Waals surface area contributed by atoms with Crippen molar-refractivity contribution in [3.8, 4) is 23.0 Å². The molecule has 0 aliphatic carbocycles. The number of aromatic nitrogens is 3. The summed E-state index contributed by atoms with van der Waals surface area (Å²) >= 11 is 5.87. The number of rotatable bonds is 2. The highest BCUT2D eigenvalue weighted by molar-refractivity contribution is 6.33. The molecule has 0 aliphatic heterocycles. The van der Waals surface area contributed by atoms with Crippen molar-refractivity contribution < 1.29 is 4.52 Å². The first-order chi connectivity index (χ1) is 9.24. The number of nitrogens with two attached hydrogens (primary N) is 1. The standard InChI is InChI=1S/C13H9ClN4O/c14-9-5-4-8(7-10(9)15)13-17-12(18-19-13)11-3-1-2-6-16-11/h1-7H,15H2. The zero-order valence-electron chi connectivity index (χ0n) is 9.75. The zero-order chi connectivity index (χ0) is 13.2. The van der Waals surface area contributed by atoms with Gasteiger partial charge in [-0.3, -0.25) is 4.98 Å². The number of anilines is 1. The van der Waals surface area contributed by atoms with Crippen LogP contribution in [0.1, 0.15) is 0 Å². The fourth-order valence-electron chi connectivity index (χ4n) is 1.62. The van der Waals surface area contributed by atoms with E-state index in [4.69, 9.17) is 21.9 Å². The Morgan fingerprint density at radius 3 is 2.79 bits per heavy atom. The van der Waals surface area contributed by atoms with Gasteiger partial charge in [-0.1, -0.05) is 22.8 Å². The van der Waals surface area contributed by atoms with E-state index in [0.29, 0.717) is 28.1 Å². The fraction of sp³-hybridized carbons (Fsp3) is 0. The van der Waals surface area contributed by atoms with E-state index in [1.165, 1.54) is 0 Å². The third-order valence-corrected chi connectivity index (χ3v) is 2.91. The molecule has 1 aromatic carbocycles. The number of benzene rings is 1. The Labute approximate surface area is 114 Å². The molecule has 5 nitrogen and oxygen atoms in total. The molecule has 3 rings (SSSR count). The van der Waals surface area contributed by atoms with E-state index >= 15 is 0 Å². The van der Waals surface area contributed by atoms with Crippen molar-refractivity contribution in [2.24, 2.45) is 0 Å². The van der Waals surface area contributed by atoms with Gasteiger partial charge in [0.25, 0.3) is 5.89 Å². The van der Waals surface area contributed by atoms with Crippen LogP contribution in [0.25, 0.3) is 23.0 Å². The molecule has 0 fully saturated rings. The second-order valence-corrected chi connectivity index (χ2v) is 4.28. The van der Waals surface area contributed by atoms with Gasteiger partial charge in [-0.2, -0.15) is 4.98 Å². The third kappa shape index (κ3) is 2.28. The first-order valence-corrected chi connectivity index (χ1v) is 5.92. The molecular formula is C13H9ClN4O. The van der Waals surface area contributed by atoms with Gasteiger partial charge < -0.3 is 10.3 Å². The lowest BCUT2D eigenvalue weighted by Gasteiger charge is -1.98. The van der Waals surface area contributed by atoms with Crippen LogP contribution in [-0.2, 0) is 0 Å². The maximum Gasteiger partial charge on any atom is 0.258 e. The Kier molecular flexibility index (Phi) is 2.89. The predicted octanol–water partition coefficient (Wildman–Crippen LogP) is 3.03. The van der Waals surface area contributed by atoms with Crippen LogP contribution in [0.2, 0.25) is 5.02 Å². The minimum atomic E-state index is 0.379. The molecule has 0 saturated heterocycles. The Morgan fingerprint density at radius 1 is 1.16 bits per heavy atom. The van der Waals surface area contributed by atoms with E-state index in [1.54, 1.807) is 24.4 Å². The second-order valence-electron chi connectivity index (χ2n) is 3.87. The monoisotopic (exact) mass is 272 g/mol. The highest BCUT2D eigenvalue weighted by Gasteiger charge is 2.12. The largest absolute Gasteiger partial charge is 0.398 e. The molecule has 0 amide bonds. The van der Waals surface area contributed by atoms with Gasteiger partial charge in [-0.05, 0) is 30.3 Å². The van der Waals surface area contributed by atoms with Crippen molar-refractivity contribution in [1.82, 2.24) is 15.1 Å². The topological polar surface area (TPSA) is 77.8 Å². The van der Waals surface area contributed by atoms with Gasteiger partial charge in [0.1, 0.15) is 5.69 Å². The summed E-state index contributed by atoms with van der Waals surface area (Å²) < 4.78 is 5.20. The first kappa shape index (κ1) is 11.7. The molecule has 0 unspecified atom stereocenters. The van der Waals surface area contributed by atoms with E-state index in [1.807, 2.05) is 18.2 Å². The SMILES string of the molecule is Nc1cc(-c2nc(-c3ccccn3)no2)ccc1Cl. The quantitative estimate of drug-likeness (QED) is 0.726. The molecule has 0 saturated carbocycles. The zero-order valence-corrected chi connectivity index (χ0v) is 10.5. The van der Waals surface area contributed by atoms with E-state index < -0.39 is 0 Å². The Hall–Kier alpha value is -2.40. The normalized spacial score (nSPS) is 10.6. The number of halogens is 1. The smallest absolute Gasteiger partial charge is 0.258 e. The molecule has 0 bridgehead atoms. The van der Waals surface area contributed by atoms with E-state index in [9.17, 15) is 0 Å². The van der Waals surface area contributed by atoms with Crippen LogP contribution < -0.4 is 5.73 Å². The predicted molar refractivity (Wildman–Crippen MR) is 72.4 cm³/mol. The molecule has 0 spiro atoms. The summed E-state index contributed by atoms with van der Waals surface area (Å²) in [5.74, 6) is 0.813. The molecule has 94 valence electrons. The van der Waals surface area contributed by atoms with Gasteiger partial charge in [-0.15, -0.1) is 0 Å². The molecule has 0 atom stereocenters. The molecule has 0 radical (unpaired) electrons. The van der Waals surface area contributed by atoms with Crippen LogP contribution in [0.5, 0.6) is 0 Å². The molecule has 2 heterocycles. The lowest BCUT2D eigenvalue weighted by atomic mass is 10.2. The van der Waals surface area contributed by atoms with Crippen molar-refractivity contribution >= 4 is 17.3 Å². The van der Waals surface area contributed by atoms with E-state index in [0.717, 1.165) is 5.56 Å². The van der Waals surface area contributed by atoms with Gasteiger partial charge in [0.2, 0.25) is 5.82 Å². The molecule has 0 aliphatic rings. The summed E-state index contributed by atoms with van der Waals surface area (Å²) in [5.41, 5.74) is 7.58. The highest BCUT2D eigenvalue weighted by atomic mass is 35.5. The average molecular weight is 273 g/mol. The average Bonchev–Trinajstić information content (AvgIpc) is 2.93. The number of nitrogens with zero attached hydrogens (tertiary/aromatic N) is 3. The summed E-state index contributed by atoms with van der Waals surface area (Å²) in [7, 11) is 0. The fourth-order valence-corrected chi connectivity index (χ4v) is 1.73. The maximum absolute atomic E-state index is 5.87. The van der Waals surface area contributed by atoms with E-state index in [2.05, 4.69) is 15.1 Å². The van der Waals surface area contributed by atoms with Gasteiger partial charge in [-0.25, -0.2) is 0 Å². The Bertz CT molecular complexity index is 712. The van der Waals surface area contributed by atoms with Gasteiger partial charge in [0, 0.05) is 11.8 Å². The number of nitrogen functional groups attached to an aromatic ring is 1. The molecule has 2 aromatic heterocycles. The number of pyridine rings is 1. The number of hydrogen-bond donors (Lipinski definition) is 1. The molecule has 2 N–H and O–H groups in total. The molecule has 3 aromatic rings. The van der Waals surface area contributed by atoms with Crippen LogP contribution >= 0.6 is 11.6 Å². The van der Waals surface area contributed by atoms with Crippen LogP contribution in [0.4, 0.5) is 5.69 Å². The van der Waals surface area contributed by atoms with Crippen LogP contribution in [-0.4, -0.2) is 15.1 Å². The van der Waals surface area contributed by atoms with Gasteiger partial charge in [0.05, 0.1) is 10.7 Å². The molecule has 19 heavy (non-hydrogen) atoms. The van der Waals surface area contributed by atoms with Crippen molar-refractivity contribution in [3.63, 3.8) is 0 Å². The lowest BCUT2D eigenvalue weighted by molar-refractivity contribution is 0.432. The van der Waals surface area contributed by atoms with Crippen molar-refractivity contribution in [2.75, 3.05) is 5.73 Å². The van der Waals surface area contributed by atoms with Crippen LogP contribution in [0.3, 0.4) is 0 Å². The summed E-state index contributed by atoms with van der Waals surface area (Å²) in [4.78, 5) is 8.44. The minimum Gasteiger partial charge on any atom is -0.398 e. The van der Waals surface area contributed by atoms with Crippen molar-refractivity contribution in [3.05, 3.63) is 47.6 Å². The Morgan fingerprint density at radius 2 is 2.05 bits per heavy atom. The Balaban J connectivity index is 1.99. The lowest BCUT2D eigenvalue weighted by Crippen LogP contribution is -1.88. The third-order valence-electron chi connectivity index (χ3n) is 2.56. The molecular weight excluding hydrogens is 264 g/mol. The second kappa shape index (κ2) is 4.70. The minimum absolute atomic E-state index is 0.379. The van der Waals surface area contributed by atoms with Gasteiger partial charge >= 0.3 is 0 Å². The molecule has 6 heteroatoms. The highest BCUT2D eigenvalue weighted by Crippen LogP contribution is 2.26. The summed E-state index contributed by atoms with van der Waals surface area (Å²) in [5, 5.41) is 4.39.